The van der Waals surface area contributed by atoms with Crippen molar-refractivity contribution in [1.29, 1.82) is 5.26 Å². The maximum atomic E-state index is 12.3. The minimum Gasteiger partial charge on any atom is -0.495 e. The van der Waals surface area contributed by atoms with Crippen LogP contribution in [0.15, 0.2) is 41.6 Å². The van der Waals surface area contributed by atoms with Crippen molar-refractivity contribution in [3.05, 3.63) is 64.2 Å². The van der Waals surface area contributed by atoms with E-state index in [9.17, 15) is 10.1 Å². The number of nitrogens with zero attached hydrogens (tertiary/aromatic N) is 5. The topological polar surface area (TPSA) is 103 Å². The van der Waals surface area contributed by atoms with Gasteiger partial charge >= 0.3 is 0 Å². The number of rotatable bonds is 6. The summed E-state index contributed by atoms with van der Waals surface area (Å²) in [6.45, 7) is 2.24. The highest BCUT2D eigenvalue weighted by molar-refractivity contribution is 5.73. The Labute approximate surface area is 173 Å². The summed E-state index contributed by atoms with van der Waals surface area (Å²) < 4.78 is 12.6. The summed E-state index contributed by atoms with van der Waals surface area (Å²) in [7, 11) is 3.22. The summed E-state index contributed by atoms with van der Waals surface area (Å²) in [6, 6.07) is 7.59. The molecule has 30 heavy (non-hydrogen) atoms. The van der Waals surface area contributed by atoms with Crippen LogP contribution < -0.4 is 15.0 Å². The van der Waals surface area contributed by atoms with Gasteiger partial charge in [-0.2, -0.15) is 10.2 Å². The van der Waals surface area contributed by atoms with Gasteiger partial charge in [0, 0.05) is 42.5 Å². The molecule has 0 bridgehead atoms. The predicted octanol–water partition coefficient (Wildman–Crippen LogP) is 2.61. The monoisotopic (exact) mass is 403 g/mol. The van der Waals surface area contributed by atoms with Crippen molar-refractivity contribution in [2.75, 3.05) is 13.7 Å². The number of methoxy groups -OCH3 is 1. The van der Waals surface area contributed by atoms with Gasteiger partial charge in [-0.1, -0.05) is 0 Å². The predicted molar refractivity (Wildman–Crippen MR) is 109 cm³/mol. The normalized spacial score (nSPS) is 17.3. The van der Waals surface area contributed by atoms with Crippen LogP contribution in [0.2, 0.25) is 0 Å². The average molecular weight is 403 g/mol. The highest BCUT2D eigenvalue weighted by Gasteiger charge is 2.40. The molecule has 1 aliphatic carbocycles. The SMILES string of the molecule is COc1ccc(C2CC2COc2nc(C)ncc2-c2ccn(C)c(=O)c2C#N)nc1. The Morgan fingerprint density at radius 1 is 1.23 bits per heavy atom. The van der Waals surface area contributed by atoms with Crippen LogP contribution >= 0.6 is 0 Å². The van der Waals surface area contributed by atoms with Crippen LogP contribution in [0.4, 0.5) is 0 Å². The summed E-state index contributed by atoms with van der Waals surface area (Å²) in [5.74, 6) is 2.32. The third kappa shape index (κ3) is 3.74. The Bertz CT molecular complexity index is 1180. The van der Waals surface area contributed by atoms with E-state index in [-0.39, 0.29) is 11.1 Å². The van der Waals surface area contributed by atoms with Crippen LogP contribution in [0, 0.1) is 24.2 Å². The minimum atomic E-state index is -0.366. The van der Waals surface area contributed by atoms with E-state index in [4.69, 9.17) is 9.47 Å². The second kappa shape index (κ2) is 7.95. The lowest BCUT2D eigenvalue weighted by Gasteiger charge is -2.12. The van der Waals surface area contributed by atoms with E-state index in [2.05, 4.69) is 15.0 Å². The van der Waals surface area contributed by atoms with Gasteiger partial charge in [-0.3, -0.25) is 9.78 Å². The molecule has 4 rings (SSSR count). The highest BCUT2D eigenvalue weighted by Crippen LogP contribution is 2.47. The molecule has 1 aliphatic rings. The van der Waals surface area contributed by atoms with Gasteiger partial charge in [0.25, 0.3) is 5.56 Å². The second-order valence-electron chi connectivity index (χ2n) is 7.30. The molecule has 8 heteroatoms. The van der Waals surface area contributed by atoms with Gasteiger partial charge in [-0.05, 0) is 31.5 Å². The van der Waals surface area contributed by atoms with Crippen LogP contribution in [0.5, 0.6) is 11.6 Å². The first kappa shape index (κ1) is 19.6. The average Bonchev–Trinajstić information content (AvgIpc) is 3.54. The molecule has 2 atom stereocenters. The van der Waals surface area contributed by atoms with Gasteiger partial charge in [0.15, 0.2) is 0 Å². The van der Waals surface area contributed by atoms with Gasteiger partial charge in [-0.15, -0.1) is 0 Å². The van der Waals surface area contributed by atoms with E-state index in [0.29, 0.717) is 41.3 Å². The van der Waals surface area contributed by atoms with Crippen LogP contribution in [-0.4, -0.2) is 33.2 Å². The molecule has 2 unspecified atom stereocenters. The molecule has 3 heterocycles. The number of pyridine rings is 2. The smallest absolute Gasteiger partial charge is 0.268 e. The zero-order valence-corrected chi connectivity index (χ0v) is 17.0. The van der Waals surface area contributed by atoms with Gasteiger partial charge in [-0.25, -0.2) is 4.98 Å². The number of ether oxygens (including phenoxy) is 2. The molecule has 0 radical (unpaired) electrons. The highest BCUT2D eigenvalue weighted by atomic mass is 16.5. The summed E-state index contributed by atoms with van der Waals surface area (Å²) in [4.78, 5) is 25.4. The lowest BCUT2D eigenvalue weighted by molar-refractivity contribution is 0.285. The zero-order chi connectivity index (χ0) is 21.3. The number of aromatic nitrogens is 4. The summed E-state index contributed by atoms with van der Waals surface area (Å²) in [5, 5.41) is 9.50. The van der Waals surface area contributed by atoms with E-state index in [1.165, 1.54) is 4.57 Å². The Morgan fingerprint density at radius 3 is 2.77 bits per heavy atom. The Morgan fingerprint density at radius 2 is 2.07 bits per heavy atom. The van der Waals surface area contributed by atoms with Crippen molar-refractivity contribution >= 4 is 0 Å². The zero-order valence-electron chi connectivity index (χ0n) is 17.0. The molecular formula is C22H21N5O3. The molecule has 0 aromatic carbocycles. The van der Waals surface area contributed by atoms with Gasteiger partial charge in [0.2, 0.25) is 5.88 Å². The van der Waals surface area contributed by atoms with E-state index < -0.39 is 0 Å². The van der Waals surface area contributed by atoms with Crippen LogP contribution in [-0.2, 0) is 7.05 Å². The molecule has 0 N–H and O–H groups in total. The Hall–Kier alpha value is -3.73. The summed E-state index contributed by atoms with van der Waals surface area (Å²) in [6.07, 6.45) is 5.92. The van der Waals surface area contributed by atoms with Crippen molar-refractivity contribution in [2.24, 2.45) is 13.0 Å². The maximum absolute atomic E-state index is 12.3. The number of aryl methyl sites for hydroxylation is 2. The first-order valence-electron chi connectivity index (χ1n) is 9.58. The van der Waals surface area contributed by atoms with Crippen molar-refractivity contribution in [2.45, 2.75) is 19.3 Å². The van der Waals surface area contributed by atoms with Crippen LogP contribution in [0.25, 0.3) is 11.1 Å². The Balaban J connectivity index is 1.55. The third-order valence-corrected chi connectivity index (χ3v) is 5.28. The molecule has 8 nitrogen and oxygen atoms in total. The quantitative estimate of drug-likeness (QED) is 0.623. The molecular weight excluding hydrogens is 382 g/mol. The summed E-state index contributed by atoms with van der Waals surface area (Å²) in [5.41, 5.74) is 1.70. The number of hydrogen-bond donors (Lipinski definition) is 0. The van der Waals surface area contributed by atoms with Crippen LogP contribution in [0.1, 0.15) is 29.4 Å². The first-order chi connectivity index (χ1) is 14.5. The fourth-order valence-electron chi connectivity index (χ4n) is 3.42. The molecule has 0 aliphatic heterocycles. The molecule has 0 amide bonds. The fraction of sp³-hybridized carbons (Fsp3) is 0.318. The largest absolute Gasteiger partial charge is 0.495 e. The molecule has 0 saturated heterocycles. The lowest BCUT2D eigenvalue weighted by Crippen LogP contribution is -2.19. The van der Waals surface area contributed by atoms with Crippen molar-refractivity contribution in [1.82, 2.24) is 19.5 Å². The molecule has 3 aromatic rings. The van der Waals surface area contributed by atoms with Crippen molar-refractivity contribution in [3.63, 3.8) is 0 Å². The van der Waals surface area contributed by atoms with Gasteiger partial charge < -0.3 is 14.0 Å². The maximum Gasteiger partial charge on any atom is 0.268 e. The molecule has 0 spiro atoms. The van der Waals surface area contributed by atoms with Crippen LogP contribution in [0.3, 0.4) is 0 Å². The molecule has 3 aromatic heterocycles. The minimum absolute atomic E-state index is 0.0454. The van der Waals surface area contributed by atoms with E-state index in [0.717, 1.165) is 17.9 Å². The molecule has 1 fully saturated rings. The van der Waals surface area contributed by atoms with E-state index in [1.807, 2.05) is 18.2 Å². The number of hydrogen-bond acceptors (Lipinski definition) is 7. The van der Waals surface area contributed by atoms with E-state index >= 15 is 0 Å². The van der Waals surface area contributed by atoms with Gasteiger partial charge in [0.05, 0.1) is 25.5 Å². The standard InChI is InChI=1S/C22H21N5O3/c1-13-24-11-19(16-6-7-27(2)22(28)18(16)9-23)21(26-13)30-12-14-8-17(14)20-5-4-15(29-3)10-25-20/h4-7,10-11,14,17H,8,12H2,1-3H3. The van der Waals surface area contributed by atoms with Crippen molar-refractivity contribution < 1.29 is 9.47 Å². The second-order valence-corrected chi connectivity index (χ2v) is 7.30. The van der Waals surface area contributed by atoms with E-state index in [1.54, 1.807) is 45.7 Å². The van der Waals surface area contributed by atoms with Crippen molar-refractivity contribution in [3.8, 4) is 28.8 Å². The molecule has 1 saturated carbocycles. The van der Waals surface area contributed by atoms with Gasteiger partial charge in [0.1, 0.15) is 23.2 Å². The number of nitriles is 1. The molecule has 152 valence electrons. The third-order valence-electron chi connectivity index (χ3n) is 5.28. The summed E-state index contributed by atoms with van der Waals surface area (Å²) >= 11 is 0. The first-order valence-corrected chi connectivity index (χ1v) is 9.58. The fourth-order valence-corrected chi connectivity index (χ4v) is 3.42. The lowest BCUT2D eigenvalue weighted by atomic mass is 10.0. The Kier molecular flexibility index (Phi) is 5.19.